The van der Waals surface area contributed by atoms with Crippen molar-refractivity contribution < 1.29 is 19.1 Å². The molecule has 0 aromatic heterocycles. The van der Waals surface area contributed by atoms with Gasteiger partial charge in [0.1, 0.15) is 0 Å². The molecule has 0 spiro atoms. The Morgan fingerprint density at radius 1 is 0.714 bits per heavy atom. The van der Waals surface area contributed by atoms with Crippen molar-refractivity contribution in [2.75, 3.05) is 6.79 Å². The van der Waals surface area contributed by atoms with E-state index in [0.717, 1.165) is 5.56 Å². The molecule has 1 heterocycles. The molecule has 1 aliphatic rings. The van der Waals surface area contributed by atoms with Crippen LogP contribution in [0.1, 0.15) is 45.0 Å². The molecular formula is C24H20O4. The van der Waals surface area contributed by atoms with E-state index in [2.05, 4.69) is 0 Å². The second-order valence-electron chi connectivity index (χ2n) is 6.80. The lowest BCUT2D eigenvalue weighted by Gasteiger charge is -2.17. The number of carbonyl (C=O) groups excluding carboxylic acids is 2. The van der Waals surface area contributed by atoms with Crippen LogP contribution in [0.2, 0.25) is 0 Å². The van der Waals surface area contributed by atoms with E-state index in [9.17, 15) is 9.59 Å². The van der Waals surface area contributed by atoms with Gasteiger partial charge in [-0.3, -0.25) is 9.59 Å². The lowest BCUT2D eigenvalue weighted by Crippen LogP contribution is -2.13. The molecule has 140 valence electrons. The molecule has 3 aromatic carbocycles. The molecule has 0 N–H and O–H groups in total. The van der Waals surface area contributed by atoms with Crippen molar-refractivity contribution in [1.29, 1.82) is 0 Å². The molecule has 0 unspecified atom stereocenters. The predicted molar refractivity (Wildman–Crippen MR) is 106 cm³/mol. The van der Waals surface area contributed by atoms with Gasteiger partial charge in [0.2, 0.25) is 6.79 Å². The first-order chi connectivity index (χ1) is 13.7. The van der Waals surface area contributed by atoms with E-state index >= 15 is 0 Å². The first-order valence-corrected chi connectivity index (χ1v) is 9.27. The van der Waals surface area contributed by atoms with Crippen LogP contribution in [-0.2, 0) is 0 Å². The Labute approximate surface area is 163 Å². The van der Waals surface area contributed by atoms with E-state index < -0.39 is 0 Å². The Kier molecular flexibility index (Phi) is 5.20. The first-order valence-electron chi connectivity index (χ1n) is 9.27. The lowest BCUT2D eigenvalue weighted by atomic mass is 9.86. The van der Waals surface area contributed by atoms with Gasteiger partial charge in [-0.1, -0.05) is 66.7 Å². The Morgan fingerprint density at radius 3 is 1.82 bits per heavy atom. The van der Waals surface area contributed by atoms with Gasteiger partial charge in [-0.05, 0) is 23.6 Å². The molecule has 4 rings (SSSR count). The summed E-state index contributed by atoms with van der Waals surface area (Å²) in [6.07, 6.45) is 0.504. The number of fused-ring (bicyclic) bond motifs is 1. The van der Waals surface area contributed by atoms with E-state index in [-0.39, 0.29) is 37.1 Å². The second-order valence-corrected chi connectivity index (χ2v) is 6.80. The highest BCUT2D eigenvalue weighted by molar-refractivity contribution is 5.99. The molecule has 4 nitrogen and oxygen atoms in total. The van der Waals surface area contributed by atoms with Gasteiger partial charge in [-0.25, -0.2) is 0 Å². The summed E-state index contributed by atoms with van der Waals surface area (Å²) < 4.78 is 10.9. The van der Waals surface area contributed by atoms with Crippen LogP contribution >= 0.6 is 0 Å². The van der Waals surface area contributed by atoms with Gasteiger partial charge in [0.25, 0.3) is 0 Å². The fourth-order valence-corrected chi connectivity index (χ4v) is 3.41. The zero-order valence-electron chi connectivity index (χ0n) is 15.3. The third kappa shape index (κ3) is 3.96. The lowest BCUT2D eigenvalue weighted by molar-refractivity contribution is 0.0944. The van der Waals surface area contributed by atoms with Gasteiger partial charge in [0, 0.05) is 24.0 Å². The Bertz CT molecular complexity index is 927. The maximum atomic E-state index is 12.8. The highest BCUT2D eigenvalue weighted by Crippen LogP contribution is 2.37. The molecule has 0 aliphatic carbocycles. The highest BCUT2D eigenvalue weighted by atomic mass is 16.7. The van der Waals surface area contributed by atoms with Crippen molar-refractivity contribution in [1.82, 2.24) is 0 Å². The van der Waals surface area contributed by atoms with Crippen LogP contribution in [0.3, 0.4) is 0 Å². The minimum atomic E-state index is -0.241. The van der Waals surface area contributed by atoms with E-state index in [0.29, 0.717) is 22.6 Å². The van der Waals surface area contributed by atoms with Crippen LogP contribution < -0.4 is 9.47 Å². The molecule has 0 bridgehead atoms. The van der Waals surface area contributed by atoms with E-state index in [1.807, 2.05) is 54.6 Å². The third-order valence-electron chi connectivity index (χ3n) is 4.92. The van der Waals surface area contributed by atoms with Crippen LogP contribution in [0.25, 0.3) is 0 Å². The number of Topliss-reactive ketones (excluding diaryl/α,β-unsaturated/α-hetero) is 2. The summed E-state index contributed by atoms with van der Waals surface area (Å²) in [4.78, 5) is 25.6. The summed E-state index contributed by atoms with van der Waals surface area (Å²) in [7, 11) is 0. The number of benzene rings is 3. The summed E-state index contributed by atoms with van der Waals surface area (Å²) in [6.45, 7) is 0.190. The number of ether oxygens (including phenoxy) is 2. The minimum absolute atomic E-state index is 0.0177. The van der Waals surface area contributed by atoms with Crippen molar-refractivity contribution in [2.24, 2.45) is 0 Å². The van der Waals surface area contributed by atoms with Crippen LogP contribution in [0.4, 0.5) is 0 Å². The number of hydrogen-bond acceptors (Lipinski definition) is 4. The highest BCUT2D eigenvalue weighted by Gasteiger charge is 2.23. The molecule has 0 radical (unpaired) electrons. The predicted octanol–water partition coefficient (Wildman–Crippen LogP) is 5.04. The molecule has 0 saturated heterocycles. The molecular weight excluding hydrogens is 352 g/mol. The van der Waals surface area contributed by atoms with Crippen LogP contribution in [-0.4, -0.2) is 18.4 Å². The van der Waals surface area contributed by atoms with Crippen LogP contribution in [0.5, 0.6) is 11.5 Å². The molecule has 4 heteroatoms. The van der Waals surface area contributed by atoms with Crippen molar-refractivity contribution in [3.05, 3.63) is 95.6 Å². The fourth-order valence-electron chi connectivity index (χ4n) is 3.41. The minimum Gasteiger partial charge on any atom is -0.454 e. The van der Waals surface area contributed by atoms with Gasteiger partial charge >= 0.3 is 0 Å². The van der Waals surface area contributed by atoms with E-state index in [4.69, 9.17) is 9.47 Å². The Morgan fingerprint density at radius 2 is 1.25 bits per heavy atom. The van der Waals surface area contributed by atoms with Gasteiger partial charge in [0.05, 0.1) is 0 Å². The maximum absolute atomic E-state index is 12.8. The number of rotatable bonds is 7. The summed E-state index contributed by atoms with van der Waals surface area (Å²) in [5.74, 6) is 1.14. The molecule has 0 fully saturated rings. The van der Waals surface area contributed by atoms with Crippen molar-refractivity contribution >= 4 is 11.6 Å². The Hall–Kier alpha value is -3.40. The monoisotopic (exact) mass is 372 g/mol. The molecule has 1 aliphatic heterocycles. The van der Waals surface area contributed by atoms with Crippen molar-refractivity contribution in [3.63, 3.8) is 0 Å². The normalized spacial score (nSPS) is 12.2. The Balaban J connectivity index is 1.61. The number of hydrogen-bond donors (Lipinski definition) is 0. The van der Waals surface area contributed by atoms with Crippen molar-refractivity contribution in [2.45, 2.75) is 18.8 Å². The summed E-state index contributed by atoms with van der Waals surface area (Å²) in [5, 5.41) is 0. The van der Waals surface area contributed by atoms with Gasteiger partial charge in [-0.15, -0.1) is 0 Å². The summed E-state index contributed by atoms with van der Waals surface area (Å²) >= 11 is 0. The zero-order chi connectivity index (χ0) is 19.3. The molecule has 0 saturated carbocycles. The third-order valence-corrected chi connectivity index (χ3v) is 4.92. The smallest absolute Gasteiger partial charge is 0.231 e. The average molecular weight is 372 g/mol. The first kappa shape index (κ1) is 18.0. The molecule has 28 heavy (non-hydrogen) atoms. The zero-order valence-corrected chi connectivity index (χ0v) is 15.3. The van der Waals surface area contributed by atoms with Gasteiger partial charge in [-0.2, -0.15) is 0 Å². The summed E-state index contributed by atoms with van der Waals surface area (Å²) in [5.41, 5.74) is 2.21. The van der Waals surface area contributed by atoms with Gasteiger partial charge in [0.15, 0.2) is 23.1 Å². The molecule has 0 amide bonds. The number of ketones is 2. The quantitative estimate of drug-likeness (QED) is 0.545. The fraction of sp³-hybridized carbons (Fsp3) is 0.167. The van der Waals surface area contributed by atoms with E-state index in [1.54, 1.807) is 24.3 Å². The standard InChI is InChI=1S/C24H20O4/c25-21(17-7-3-1-4-8-17)13-20(14-22(26)18-9-5-2-6-10-18)19-11-12-23-24(15-19)28-16-27-23/h1-12,15,20H,13-14,16H2. The molecule has 3 aromatic rings. The topological polar surface area (TPSA) is 52.6 Å². The maximum Gasteiger partial charge on any atom is 0.231 e. The average Bonchev–Trinajstić information content (AvgIpc) is 3.22. The largest absolute Gasteiger partial charge is 0.454 e. The van der Waals surface area contributed by atoms with E-state index in [1.165, 1.54) is 0 Å². The molecule has 0 atom stereocenters. The van der Waals surface area contributed by atoms with Crippen LogP contribution in [0.15, 0.2) is 78.9 Å². The second kappa shape index (κ2) is 8.09. The van der Waals surface area contributed by atoms with Gasteiger partial charge < -0.3 is 9.47 Å². The summed E-state index contributed by atoms with van der Waals surface area (Å²) in [6, 6.07) is 24.0. The van der Waals surface area contributed by atoms with Crippen molar-refractivity contribution in [3.8, 4) is 11.5 Å². The SMILES string of the molecule is O=C(CC(CC(=O)c1ccccc1)c1ccc2c(c1)OCO2)c1ccccc1. The number of carbonyl (C=O) groups is 2. The van der Waals surface area contributed by atoms with Crippen LogP contribution in [0, 0.1) is 0 Å².